The van der Waals surface area contributed by atoms with Crippen LogP contribution in [0.5, 0.6) is 0 Å². The molecule has 16 nitrogen and oxygen atoms in total. The maximum atomic E-state index is 13.7. The molecule has 16 heteroatoms. The summed E-state index contributed by atoms with van der Waals surface area (Å²) in [5, 5.41) is 118. The second kappa shape index (κ2) is 14.9. The highest BCUT2D eigenvalue weighted by Crippen LogP contribution is 2.76. The van der Waals surface area contributed by atoms with Crippen LogP contribution in [-0.2, 0) is 23.7 Å². The van der Waals surface area contributed by atoms with Crippen molar-refractivity contribution in [3.8, 4) is 0 Å². The number of rotatable bonds is 7. The summed E-state index contributed by atoms with van der Waals surface area (Å²) >= 11 is 0. The molecule has 7 rings (SSSR count). The molecule has 2 heterocycles. The first-order chi connectivity index (χ1) is 26.9. The number of aliphatic carboxylic acids is 1. The Kier molecular flexibility index (Phi) is 11.5. The van der Waals surface area contributed by atoms with Gasteiger partial charge >= 0.3 is 5.97 Å². The summed E-state index contributed by atoms with van der Waals surface area (Å²) in [5.41, 5.74) is -3.64. The number of hydrogen-bond donors (Lipinski definition) is 11. The molecule has 0 unspecified atom stereocenters. The molecule has 7 aliphatic rings. The van der Waals surface area contributed by atoms with E-state index in [0.29, 0.717) is 19.3 Å². The van der Waals surface area contributed by atoms with Crippen LogP contribution < -0.4 is 0 Å². The van der Waals surface area contributed by atoms with Gasteiger partial charge in [-0.2, -0.15) is 0 Å². The third-order valence-electron chi connectivity index (χ3n) is 17.5. The van der Waals surface area contributed by atoms with Gasteiger partial charge in [0.15, 0.2) is 12.6 Å². The molecular formula is C42H68O16. The summed E-state index contributed by atoms with van der Waals surface area (Å²) in [6.45, 7) is 13.3. The lowest BCUT2D eigenvalue weighted by Crippen LogP contribution is -2.70. The highest BCUT2D eigenvalue weighted by molar-refractivity contribution is 5.78. The molecular weight excluding hydrogens is 760 g/mol. The summed E-state index contributed by atoms with van der Waals surface area (Å²) in [4.78, 5) is 13.7. The third kappa shape index (κ3) is 6.25. The number of carboxylic acid groups (broad SMARTS) is 1. The number of allylic oxidation sites excluding steroid dienone is 2. The predicted octanol–water partition coefficient (Wildman–Crippen LogP) is -0.206. The van der Waals surface area contributed by atoms with Crippen LogP contribution in [-0.4, -0.2) is 161 Å². The molecule has 5 aliphatic carbocycles. The minimum Gasteiger partial charge on any atom is -0.481 e. The summed E-state index contributed by atoms with van der Waals surface area (Å²) in [7, 11) is 0. The molecule has 58 heavy (non-hydrogen) atoms. The van der Waals surface area contributed by atoms with Gasteiger partial charge in [0.2, 0.25) is 0 Å². The van der Waals surface area contributed by atoms with Gasteiger partial charge in [0.25, 0.3) is 0 Å². The van der Waals surface area contributed by atoms with Crippen molar-refractivity contribution in [3.05, 3.63) is 11.6 Å². The van der Waals surface area contributed by atoms with E-state index in [0.717, 1.165) is 18.4 Å². The monoisotopic (exact) mass is 828 g/mol. The number of ether oxygens (including phenoxy) is 4. The second-order valence-corrected chi connectivity index (χ2v) is 21.0. The minimum absolute atomic E-state index is 0.0106. The fourth-order valence-electron chi connectivity index (χ4n) is 13.8. The lowest BCUT2D eigenvalue weighted by Gasteiger charge is -2.72. The molecule has 0 aromatic heterocycles. The first-order valence-electron chi connectivity index (χ1n) is 21.1. The molecule has 21 atom stereocenters. The lowest BCUT2D eigenvalue weighted by atomic mass is 9.33. The molecule has 0 spiro atoms. The number of fused-ring (bicyclic) bond motifs is 7. The van der Waals surface area contributed by atoms with Crippen molar-refractivity contribution in [2.24, 2.45) is 50.2 Å². The predicted molar refractivity (Wildman–Crippen MR) is 202 cm³/mol. The van der Waals surface area contributed by atoms with Gasteiger partial charge in [-0.3, -0.25) is 4.79 Å². The Balaban J connectivity index is 1.21. The Hall–Kier alpha value is -1.35. The van der Waals surface area contributed by atoms with Gasteiger partial charge in [0, 0.05) is 0 Å². The zero-order valence-electron chi connectivity index (χ0n) is 34.7. The highest BCUT2D eigenvalue weighted by Gasteiger charge is 2.73. The van der Waals surface area contributed by atoms with E-state index in [1.165, 1.54) is 0 Å². The average molecular weight is 829 g/mol. The second-order valence-electron chi connectivity index (χ2n) is 21.0. The van der Waals surface area contributed by atoms with Crippen molar-refractivity contribution in [3.63, 3.8) is 0 Å². The maximum Gasteiger partial charge on any atom is 0.312 e. The van der Waals surface area contributed by atoms with Crippen LogP contribution in [0, 0.1) is 50.2 Å². The van der Waals surface area contributed by atoms with Gasteiger partial charge < -0.3 is 75.1 Å². The van der Waals surface area contributed by atoms with Crippen molar-refractivity contribution >= 4 is 5.97 Å². The van der Waals surface area contributed by atoms with Crippen molar-refractivity contribution < 1.29 is 79.9 Å². The van der Waals surface area contributed by atoms with Gasteiger partial charge in [-0.25, -0.2) is 0 Å². The molecule has 4 saturated carbocycles. The van der Waals surface area contributed by atoms with Crippen LogP contribution in [0.25, 0.3) is 0 Å². The zero-order chi connectivity index (χ0) is 42.9. The number of aliphatic hydroxyl groups is 10. The van der Waals surface area contributed by atoms with Gasteiger partial charge in [-0.1, -0.05) is 60.1 Å². The molecule has 0 bridgehead atoms. The van der Waals surface area contributed by atoms with Crippen LogP contribution in [0.4, 0.5) is 0 Å². The van der Waals surface area contributed by atoms with Crippen molar-refractivity contribution in [2.75, 3.05) is 13.2 Å². The standard InChI is InChI=1S/C42H68O16/c1-37(2)12-19-18-8-9-24-39(5)13-20(55-34-31(50)29(48)27(46)21(16-43)56-34)33(52)38(3,4)23(39)10-11-40(24,6)41(18,7)14-25(45)42(19,36(53)54)15-26(37)58-35-32(51)30(49)28(47)22(17-44)57-35/h8,19-35,43-52H,9-17H2,1-7H3,(H,53,54)/t19-,20-,21+,22+,23-,24+,25-,26-,27+,28+,29-,30-,31+,32+,33-,34+,35-,39-,40+,41+,42+/m0/s1. The first-order valence-corrected chi connectivity index (χ1v) is 21.1. The average Bonchev–Trinajstić information content (AvgIpc) is 3.14. The lowest BCUT2D eigenvalue weighted by molar-refractivity contribution is -0.335. The summed E-state index contributed by atoms with van der Waals surface area (Å²) in [6.07, 6.45) is -14.0. The molecule has 2 saturated heterocycles. The van der Waals surface area contributed by atoms with E-state index in [4.69, 9.17) is 18.9 Å². The first kappa shape index (κ1) is 44.7. The fraction of sp³-hybridized carbons (Fsp3) is 0.929. The van der Waals surface area contributed by atoms with E-state index in [9.17, 15) is 61.0 Å². The normalized spacial score (nSPS) is 54.9. The van der Waals surface area contributed by atoms with E-state index >= 15 is 0 Å². The largest absolute Gasteiger partial charge is 0.481 e. The maximum absolute atomic E-state index is 13.7. The smallest absolute Gasteiger partial charge is 0.312 e. The molecule has 0 aromatic rings. The molecule has 11 N–H and O–H groups in total. The molecule has 0 aromatic carbocycles. The molecule has 332 valence electrons. The van der Waals surface area contributed by atoms with E-state index in [1.54, 1.807) is 0 Å². The summed E-state index contributed by atoms with van der Waals surface area (Å²) in [6, 6.07) is 0. The van der Waals surface area contributed by atoms with E-state index in [1.807, 2.05) is 27.7 Å². The van der Waals surface area contributed by atoms with E-state index in [-0.39, 0.29) is 24.7 Å². The van der Waals surface area contributed by atoms with Crippen LogP contribution in [0.1, 0.15) is 93.4 Å². The van der Waals surface area contributed by atoms with Crippen molar-refractivity contribution in [1.29, 1.82) is 0 Å². The fourth-order valence-corrected chi connectivity index (χ4v) is 13.8. The zero-order valence-corrected chi connectivity index (χ0v) is 34.7. The van der Waals surface area contributed by atoms with Gasteiger partial charge in [0.05, 0.1) is 37.6 Å². The van der Waals surface area contributed by atoms with Gasteiger partial charge in [-0.15, -0.1) is 0 Å². The SMILES string of the molecule is CC1(C)C[C@H]2C3=CC[C@@H]4[C@@]5(C)C[C@H](O[C@@H]6O[C@H](CO)[C@@H](O)[C@H](O)[C@H]6O)[C@H](O)C(C)(C)[C@@H]5CC[C@@]4(C)[C@]3(C)C[C@H](O)[C@@]2(C(=O)O)C[C@@H]1O[C@@H]1O[C@H](CO)[C@@H](O)[C@H](O)[C@H]1O. The summed E-state index contributed by atoms with van der Waals surface area (Å²) in [5.74, 6) is -1.73. The number of aliphatic hydroxyl groups excluding tert-OH is 10. The Labute approximate surface area is 339 Å². The number of carboxylic acids is 1. The van der Waals surface area contributed by atoms with Crippen molar-refractivity contribution in [2.45, 2.75) is 179 Å². The van der Waals surface area contributed by atoms with Crippen LogP contribution in [0.15, 0.2) is 11.6 Å². The van der Waals surface area contributed by atoms with Crippen LogP contribution >= 0.6 is 0 Å². The third-order valence-corrected chi connectivity index (χ3v) is 17.5. The van der Waals surface area contributed by atoms with Gasteiger partial charge in [-0.05, 0) is 89.8 Å². The Morgan fingerprint density at radius 2 is 1.28 bits per heavy atom. The molecule has 0 radical (unpaired) electrons. The summed E-state index contributed by atoms with van der Waals surface area (Å²) < 4.78 is 24.0. The van der Waals surface area contributed by atoms with E-state index < -0.39 is 143 Å². The number of carbonyl (C=O) groups is 1. The quantitative estimate of drug-likeness (QED) is 0.117. The number of hydrogen-bond acceptors (Lipinski definition) is 15. The van der Waals surface area contributed by atoms with Crippen molar-refractivity contribution in [1.82, 2.24) is 0 Å². The molecule has 2 aliphatic heterocycles. The minimum atomic E-state index is -1.67. The Morgan fingerprint density at radius 3 is 1.81 bits per heavy atom. The van der Waals surface area contributed by atoms with Gasteiger partial charge in [0.1, 0.15) is 54.2 Å². The van der Waals surface area contributed by atoms with Crippen LogP contribution in [0.3, 0.4) is 0 Å². The molecule has 0 amide bonds. The Bertz CT molecular complexity index is 1590. The molecule has 6 fully saturated rings. The van der Waals surface area contributed by atoms with Crippen LogP contribution in [0.2, 0.25) is 0 Å². The Morgan fingerprint density at radius 1 is 0.724 bits per heavy atom. The highest BCUT2D eigenvalue weighted by atomic mass is 16.7. The van der Waals surface area contributed by atoms with E-state index in [2.05, 4.69) is 26.8 Å². The topological polar surface area (TPSA) is 277 Å².